The average Bonchev–Trinajstić information content (AvgIpc) is 2.49. The number of nitrogens with zero attached hydrogens (tertiary/aromatic N) is 1. The fraction of sp³-hybridized carbons (Fsp3) is 0. The molecule has 2 aromatic carbocycles. The van der Waals surface area contributed by atoms with Crippen molar-refractivity contribution in [3.05, 3.63) is 78.4 Å². The lowest BCUT2D eigenvalue weighted by Gasteiger charge is -2.10. The summed E-state index contributed by atoms with van der Waals surface area (Å²) in [5.74, 6) is -1.34. The standard InChI is InChI=1S/C17H10F3N/c18-13-5-1-11(2-6-13)15-9-17(20)21-10-16(15)12-3-7-14(19)8-4-12/h1-10H. The summed E-state index contributed by atoms with van der Waals surface area (Å²) in [5, 5.41) is 0. The molecule has 0 aliphatic carbocycles. The Morgan fingerprint density at radius 2 is 1.10 bits per heavy atom. The molecule has 0 spiro atoms. The van der Waals surface area contributed by atoms with Gasteiger partial charge in [-0.15, -0.1) is 0 Å². The fourth-order valence-electron chi connectivity index (χ4n) is 2.16. The average molecular weight is 285 g/mol. The van der Waals surface area contributed by atoms with Crippen LogP contribution in [0.4, 0.5) is 13.2 Å². The highest BCUT2D eigenvalue weighted by Gasteiger charge is 2.10. The van der Waals surface area contributed by atoms with Crippen LogP contribution in [0, 0.1) is 17.6 Å². The molecule has 0 bridgehead atoms. The van der Waals surface area contributed by atoms with Crippen LogP contribution in [0.15, 0.2) is 60.8 Å². The van der Waals surface area contributed by atoms with Gasteiger partial charge in [-0.2, -0.15) is 4.39 Å². The van der Waals surface area contributed by atoms with Crippen LogP contribution in [0.25, 0.3) is 22.3 Å². The lowest BCUT2D eigenvalue weighted by Crippen LogP contribution is -1.91. The van der Waals surface area contributed by atoms with Gasteiger partial charge in [0.05, 0.1) is 0 Å². The highest BCUT2D eigenvalue weighted by Crippen LogP contribution is 2.32. The number of hydrogen-bond acceptors (Lipinski definition) is 1. The molecule has 1 heterocycles. The summed E-state index contributed by atoms with van der Waals surface area (Å²) in [6.07, 6.45) is 1.39. The second kappa shape index (κ2) is 5.40. The Balaban J connectivity index is 2.17. The third-order valence-corrected chi connectivity index (χ3v) is 3.18. The first-order valence-corrected chi connectivity index (χ1v) is 6.31. The van der Waals surface area contributed by atoms with Gasteiger partial charge in [-0.05, 0) is 41.0 Å². The van der Waals surface area contributed by atoms with Gasteiger partial charge in [-0.3, -0.25) is 0 Å². The summed E-state index contributed by atoms with van der Waals surface area (Å²) in [5.41, 5.74) is 2.61. The predicted molar refractivity (Wildman–Crippen MR) is 75.0 cm³/mol. The van der Waals surface area contributed by atoms with Crippen molar-refractivity contribution < 1.29 is 13.2 Å². The van der Waals surface area contributed by atoms with Crippen molar-refractivity contribution in [1.29, 1.82) is 0 Å². The molecule has 0 fully saturated rings. The van der Waals surface area contributed by atoms with Crippen molar-refractivity contribution in [3.8, 4) is 22.3 Å². The van der Waals surface area contributed by atoms with Crippen molar-refractivity contribution in [2.45, 2.75) is 0 Å². The summed E-state index contributed by atoms with van der Waals surface area (Å²) >= 11 is 0. The normalized spacial score (nSPS) is 10.6. The number of hydrogen-bond donors (Lipinski definition) is 0. The van der Waals surface area contributed by atoms with Crippen LogP contribution in [-0.4, -0.2) is 4.98 Å². The van der Waals surface area contributed by atoms with Gasteiger partial charge in [0.1, 0.15) is 11.6 Å². The molecule has 1 nitrogen and oxygen atoms in total. The molecule has 4 heteroatoms. The maximum atomic E-state index is 13.4. The summed E-state index contributed by atoms with van der Waals surface area (Å²) in [4.78, 5) is 3.65. The molecule has 0 atom stereocenters. The summed E-state index contributed by atoms with van der Waals surface area (Å²) < 4.78 is 39.5. The summed E-state index contributed by atoms with van der Waals surface area (Å²) in [6, 6.07) is 12.9. The molecule has 0 saturated heterocycles. The van der Waals surface area contributed by atoms with E-state index in [9.17, 15) is 13.2 Å². The highest BCUT2D eigenvalue weighted by molar-refractivity contribution is 5.82. The Hall–Kier alpha value is -2.62. The van der Waals surface area contributed by atoms with E-state index in [1.807, 2.05) is 0 Å². The first-order valence-electron chi connectivity index (χ1n) is 6.31. The van der Waals surface area contributed by atoms with Crippen molar-refractivity contribution in [3.63, 3.8) is 0 Å². The molecule has 0 amide bonds. The third-order valence-electron chi connectivity index (χ3n) is 3.18. The lowest BCUT2D eigenvalue weighted by molar-refractivity contribution is 0.584. The molecular weight excluding hydrogens is 275 g/mol. The monoisotopic (exact) mass is 285 g/mol. The van der Waals surface area contributed by atoms with Crippen LogP contribution in [0.3, 0.4) is 0 Å². The van der Waals surface area contributed by atoms with Gasteiger partial charge in [0.25, 0.3) is 0 Å². The van der Waals surface area contributed by atoms with Gasteiger partial charge in [-0.1, -0.05) is 24.3 Å². The lowest BCUT2D eigenvalue weighted by atomic mass is 9.96. The number of halogens is 3. The highest BCUT2D eigenvalue weighted by atomic mass is 19.1. The molecule has 0 N–H and O–H groups in total. The molecule has 0 aliphatic heterocycles. The fourth-order valence-corrected chi connectivity index (χ4v) is 2.16. The molecule has 3 aromatic rings. The van der Waals surface area contributed by atoms with Gasteiger partial charge < -0.3 is 0 Å². The van der Waals surface area contributed by atoms with E-state index in [0.29, 0.717) is 22.3 Å². The SMILES string of the molecule is Fc1ccc(-c2cnc(F)cc2-c2ccc(F)cc2)cc1. The van der Waals surface area contributed by atoms with Crippen LogP contribution < -0.4 is 0 Å². The number of benzene rings is 2. The first-order chi connectivity index (χ1) is 10.1. The van der Waals surface area contributed by atoms with E-state index in [4.69, 9.17) is 0 Å². The zero-order valence-electron chi connectivity index (χ0n) is 10.9. The first kappa shape index (κ1) is 13.4. The largest absolute Gasteiger partial charge is 0.228 e. The molecule has 3 rings (SSSR count). The summed E-state index contributed by atoms with van der Waals surface area (Å²) in [7, 11) is 0. The smallest absolute Gasteiger partial charge is 0.213 e. The minimum absolute atomic E-state index is 0.350. The predicted octanol–water partition coefficient (Wildman–Crippen LogP) is 4.83. The number of aromatic nitrogens is 1. The van der Waals surface area contributed by atoms with Crippen molar-refractivity contribution >= 4 is 0 Å². The van der Waals surface area contributed by atoms with Crippen molar-refractivity contribution in [2.75, 3.05) is 0 Å². The molecular formula is C17H10F3N. The van der Waals surface area contributed by atoms with Crippen LogP contribution in [-0.2, 0) is 0 Å². The third kappa shape index (κ3) is 2.79. The minimum atomic E-state index is -0.625. The van der Waals surface area contributed by atoms with E-state index in [0.717, 1.165) is 0 Å². The number of rotatable bonds is 2. The second-order valence-corrected chi connectivity index (χ2v) is 4.57. The quantitative estimate of drug-likeness (QED) is 0.614. The van der Waals surface area contributed by atoms with E-state index in [2.05, 4.69) is 4.98 Å². The van der Waals surface area contributed by atoms with Crippen molar-refractivity contribution in [1.82, 2.24) is 4.98 Å². The molecule has 1 aromatic heterocycles. The van der Waals surface area contributed by atoms with Crippen LogP contribution in [0.1, 0.15) is 0 Å². The zero-order chi connectivity index (χ0) is 14.8. The van der Waals surface area contributed by atoms with Crippen LogP contribution in [0.5, 0.6) is 0 Å². The van der Waals surface area contributed by atoms with Gasteiger partial charge in [0.2, 0.25) is 5.95 Å². The van der Waals surface area contributed by atoms with Gasteiger partial charge >= 0.3 is 0 Å². The Bertz CT molecular complexity index is 765. The van der Waals surface area contributed by atoms with Crippen LogP contribution in [0.2, 0.25) is 0 Å². The Labute approximate surface area is 119 Å². The van der Waals surface area contributed by atoms with E-state index in [1.54, 1.807) is 24.3 Å². The van der Waals surface area contributed by atoms with E-state index in [-0.39, 0.29) is 11.6 Å². The maximum absolute atomic E-state index is 13.4. The second-order valence-electron chi connectivity index (χ2n) is 4.57. The Morgan fingerprint density at radius 1 is 0.619 bits per heavy atom. The molecule has 0 aliphatic rings. The Morgan fingerprint density at radius 3 is 1.62 bits per heavy atom. The topological polar surface area (TPSA) is 12.9 Å². The van der Waals surface area contributed by atoms with Crippen molar-refractivity contribution in [2.24, 2.45) is 0 Å². The molecule has 0 saturated carbocycles. The van der Waals surface area contributed by atoms with E-state index < -0.39 is 5.95 Å². The minimum Gasteiger partial charge on any atom is -0.228 e. The van der Waals surface area contributed by atoms with Gasteiger partial charge in [-0.25, -0.2) is 13.8 Å². The van der Waals surface area contributed by atoms with Gasteiger partial charge in [0, 0.05) is 17.8 Å². The van der Waals surface area contributed by atoms with E-state index >= 15 is 0 Å². The molecule has 0 radical (unpaired) electrons. The molecule has 104 valence electrons. The zero-order valence-corrected chi connectivity index (χ0v) is 10.9. The Kier molecular flexibility index (Phi) is 3.44. The van der Waals surface area contributed by atoms with Crippen LogP contribution >= 0.6 is 0 Å². The molecule has 21 heavy (non-hydrogen) atoms. The summed E-state index contributed by atoms with van der Waals surface area (Å²) in [6.45, 7) is 0. The van der Waals surface area contributed by atoms with E-state index in [1.165, 1.54) is 36.5 Å². The van der Waals surface area contributed by atoms with Gasteiger partial charge in [0.15, 0.2) is 0 Å². The maximum Gasteiger partial charge on any atom is 0.213 e. The number of pyridine rings is 1. The molecule has 0 unspecified atom stereocenters.